The summed E-state index contributed by atoms with van der Waals surface area (Å²) >= 11 is 0. The van der Waals surface area contributed by atoms with Gasteiger partial charge in [0.2, 0.25) is 0 Å². The molecule has 0 aliphatic carbocycles. The van der Waals surface area contributed by atoms with Gasteiger partial charge >= 0.3 is 6.18 Å². The molecule has 0 saturated heterocycles. The second kappa shape index (κ2) is 2.63. The minimum Gasteiger partial charge on any atom is -0.383 e. The maximum atomic E-state index is 12.3. The van der Waals surface area contributed by atoms with Crippen LogP contribution in [-0.2, 0) is 6.18 Å². The summed E-state index contributed by atoms with van der Waals surface area (Å²) in [4.78, 5) is 3.40. The third kappa shape index (κ3) is 1.19. The van der Waals surface area contributed by atoms with Crippen LogP contribution in [0.2, 0.25) is 0 Å². The van der Waals surface area contributed by atoms with E-state index in [9.17, 15) is 13.2 Å². The van der Waals surface area contributed by atoms with Gasteiger partial charge in [-0.2, -0.15) is 13.2 Å². The molecule has 0 saturated carbocycles. The van der Waals surface area contributed by atoms with Crippen molar-refractivity contribution < 1.29 is 13.2 Å². The number of pyridine rings is 1. The van der Waals surface area contributed by atoms with Crippen molar-refractivity contribution in [3.63, 3.8) is 0 Å². The van der Waals surface area contributed by atoms with Crippen molar-refractivity contribution >= 4 is 11.5 Å². The Morgan fingerprint density at radius 2 is 2.00 bits per heavy atom. The van der Waals surface area contributed by atoms with Crippen LogP contribution in [0.3, 0.4) is 0 Å². The number of aromatic nitrogens is 2. The maximum absolute atomic E-state index is 12.3. The van der Waals surface area contributed by atoms with Crippen molar-refractivity contribution in [2.24, 2.45) is 0 Å². The number of alkyl halides is 3. The van der Waals surface area contributed by atoms with Crippen LogP contribution in [0.4, 0.5) is 19.0 Å². The number of rotatable bonds is 0. The van der Waals surface area contributed by atoms with E-state index in [0.717, 1.165) is 0 Å². The summed E-state index contributed by atoms with van der Waals surface area (Å²) in [5.41, 5.74) is 4.46. The van der Waals surface area contributed by atoms with Crippen LogP contribution >= 0.6 is 0 Å². The van der Waals surface area contributed by atoms with Gasteiger partial charge in [-0.25, -0.2) is 4.98 Å². The van der Waals surface area contributed by atoms with E-state index in [1.165, 1.54) is 16.7 Å². The molecule has 0 radical (unpaired) electrons. The zero-order valence-electron chi connectivity index (χ0n) is 6.92. The van der Waals surface area contributed by atoms with Gasteiger partial charge in [0.1, 0.15) is 11.5 Å². The fraction of sp³-hybridized carbons (Fsp3) is 0.125. The molecule has 0 atom stereocenters. The van der Waals surface area contributed by atoms with Crippen LogP contribution < -0.4 is 5.73 Å². The van der Waals surface area contributed by atoms with E-state index in [1.807, 2.05) is 0 Å². The topological polar surface area (TPSA) is 43.3 Å². The number of nitrogen functional groups attached to an aromatic ring is 1. The largest absolute Gasteiger partial charge is 0.437 e. The Kier molecular flexibility index (Phi) is 1.67. The Hall–Kier alpha value is -1.72. The van der Waals surface area contributed by atoms with E-state index in [0.29, 0.717) is 0 Å². The molecule has 0 aliphatic rings. The minimum atomic E-state index is -4.50. The molecule has 0 amide bonds. The highest BCUT2D eigenvalue weighted by atomic mass is 19.4. The van der Waals surface area contributed by atoms with Gasteiger partial charge in [0.25, 0.3) is 0 Å². The average Bonchev–Trinajstić information content (AvgIpc) is 2.44. The first-order chi connectivity index (χ1) is 6.50. The van der Waals surface area contributed by atoms with Crippen molar-refractivity contribution in [1.29, 1.82) is 0 Å². The quantitative estimate of drug-likeness (QED) is 0.707. The number of anilines is 1. The van der Waals surface area contributed by atoms with Crippen molar-refractivity contribution in [1.82, 2.24) is 9.38 Å². The Labute approximate surface area is 77.0 Å². The lowest BCUT2D eigenvalue weighted by molar-refractivity contribution is -0.140. The number of imidazole rings is 1. The fourth-order valence-electron chi connectivity index (χ4n) is 1.22. The molecule has 6 heteroatoms. The van der Waals surface area contributed by atoms with Crippen LogP contribution in [0.15, 0.2) is 24.4 Å². The lowest BCUT2D eigenvalue weighted by Gasteiger charge is -2.02. The van der Waals surface area contributed by atoms with Crippen LogP contribution in [0.5, 0.6) is 0 Å². The SMILES string of the molecule is Nc1c(C(F)(F)F)nc2ccccn12. The van der Waals surface area contributed by atoms with E-state index < -0.39 is 11.9 Å². The normalized spacial score (nSPS) is 12.2. The van der Waals surface area contributed by atoms with Crippen molar-refractivity contribution in [2.75, 3.05) is 5.73 Å². The Bertz CT molecular complexity index is 472. The number of nitrogens with zero attached hydrogens (tertiary/aromatic N) is 2. The molecule has 0 fully saturated rings. The van der Waals surface area contributed by atoms with E-state index in [4.69, 9.17) is 5.73 Å². The first-order valence-electron chi connectivity index (χ1n) is 3.80. The average molecular weight is 201 g/mol. The predicted octanol–water partition coefficient (Wildman–Crippen LogP) is 1.94. The smallest absolute Gasteiger partial charge is 0.383 e. The lowest BCUT2D eigenvalue weighted by Crippen LogP contribution is -2.09. The Morgan fingerprint density at radius 1 is 1.29 bits per heavy atom. The Balaban J connectivity index is 2.75. The highest BCUT2D eigenvalue weighted by Gasteiger charge is 2.37. The zero-order chi connectivity index (χ0) is 10.3. The molecule has 0 spiro atoms. The molecular formula is C8H6F3N3. The molecule has 14 heavy (non-hydrogen) atoms. The molecule has 2 rings (SSSR count). The number of fused-ring (bicyclic) bond motifs is 1. The molecule has 3 nitrogen and oxygen atoms in total. The first kappa shape index (κ1) is 8.86. The van der Waals surface area contributed by atoms with Gasteiger partial charge in [-0.3, -0.25) is 4.40 Å². The van der Waals surface area contributed by atoms with Gasteiger partial charge in [0.05, 0.1) is 0 Å². The molecule has 0 aliphatic heterocycles. The van der Waals surface area contributed by atoms with Gasteiger partial charge in [0.15, 0.2) is 5.69 Å². The van der Waals surface area contributed by atoms with Crippen molar-refractivity contribution in [3.05, 3.63) is 30.1 Å². The molecule has 74 valence electrons. The minimum absolute atomic E-state index is 0.192. The summed E-state index contributed by atoms with van der Waals surface area (Å²) in [6, 6.07) is 4.65. The maximum Gasteiger partial charge on any atom is 0.437 e. The van der Waals surface area contributed by atoms with Crippen LogP contribution in [0.1, 0.15) is 5.69 Å². The van der Waals surface area contributed by atoms with Gasteiger partial charge in [-0.15, -0.1) is 0 Å². The molecule has 2 heterocycles. The second-order valence-corrected chi connectivity index (χ2v) is 2.77. The summed E-state index contributed by atoms with van der Waals surface area (Å²) in [6.45, 7) is 0. The van der Waals surface area contributed by atoms with Gasteiger partial charge < -0.3 is 5.73 Å². The molecule has 0 aromatic carbocycles. The summed E-state index contributed by atoms with van der Waals surface area (Å²) in [6.07, 6.45) is -3.07. The molecule has 2 aromatic rings. The molecule has 2 aromatic heterocycles. The number of hydrogen-bond acceptors (Lipinski definition) is 2. The van der Waals surface area contributed by atoms with E-state index in [1.54, 1.807) is 12.1 Å². The van der Waals surface area contributed by atoms with E-state index in [-0.39, 0.29) is 11.5 Å². The van der Waals surface area contributed by atoms with Crippen LogP contribution in [-0.4, -0.2) is 9.38 Å². The number of hydrogen-bond donors (Lipinski definition) is 1. The monoisotopic (exact) mass is 201 g/mol. The first-order valence-corrected chi connectivity index (χ1v) is 3.80. The zero-order valence-corrected chi connectivity index (χ0v) is 6.92. The highest BCUT2D eigenvalue weighted by molar-refractivity contribution is 5.53. The van der Waals surface area contributed by atoms with Gasteiger partial charge in [-0.05, 0) is 12.1 Å². The predicted molar refractivity (Wildman–Crippen MR) is 44.6 cm³/mol. The molecule has 2 N–H and O–H groups in total. The van der Waals surface area contributed by atoms with Gasteiger partial charge in [0, 0.05) is 6.20 Å². The lowest BCUT2D eigenvalue weighted by atomic mass is 10.4. The van der Waals surface area contributed by atoms with Crippen molar-refractivity contribution in [3.8, 4) is 0 Å². The summed E-state index contributed by atoms with van der Waals surface area (Å²) in [5, 5.41) is 0. The summed E-state index contributed by atoms with van der Waals surface area (Å²) in [5.74, 6) is -0.381. The number of nitrogens with two attached hydrogens (primary N) is 1. The van der Waals surface area contributed by atoms with E-state index in [2.05, 4.69) is 4.98 Å². The van der Waals surface area contributed by atoms with Crippen molar-refractivity contribution in [2.45, 2.75) is 6.18 Å². The second-order valence-electron chi connectivity index (χ2n) is 2.77. The standard InChI is InChI=1S/C8H6F3N3/c9-8(10,11)6-7(12)14-4-2-1-3-5(14)13-6/h1-4H,12H2. The third-order valence-electron chi connectivity index (χ3n) is 1.84. The molecule has 0 bridgehead atoms. The third-order valence-corrected chi connectivity index (χ3v) is 1.84. The van der Waals surface area contributed by atoms with E-state index >= 15 is 0 Å². The van der Waals surface area contributed by atoms with Crippen LogP contribution in [0, 0.1) is 0 Å². The summed E-state index contributed by atoms with van der Waals surface area (Å²) in [7, 11) is 0. The van der Waals surface area contributed by atoms with Gasteiger partial charge in [-0.1, -0.05) is 6.07 Å². The highest BCUT2D eigenvalue weighted by Crippen LogP contribution is 2.32. The Morgan fingerprint density at radius 3 is 2.57 bits per heavy atom. The molecular weight excluding hydrogens is 195 g/mol. The molecule has 0 unspecified atom stereocenters. The fourth-order valence-corrected chi connectivity index (χ4v) is 1.22. The summed E-state index contributed by atoms with van der Waals surface area (Å²) < 4.78 is 38.2. The van der Waals surface area contributed by atoms with Crippen LogP contribution in [0.25, 0.3) is 5.65 Å². The number of halogens is 3.